The van der Waals surface area contributed by atoms with Gasteiger partial charge in [-0.2, -0.15) is 0 Å². The van der Waals surface area contributed by atoms with Crippen molar-refractivity contribution in [1.29, 1.82) is 0 Å². The Bertz CT molecular complexity index is 572. The van der Waals surface area contributed by atoms with Gasteiger partial charge in [0.1, 0.15) is 23.9 Å². The minimum atomic E-state index is -0.254. The van der Waals surface area contributed by atoms with Gasteiger partial charge in [-0.25, -0.2) is 4.39 Å². The first-order valence-electron chi connectivity index (χ1n) is 6.42. The van der Waals surface area contributed by atoms with Crippen molar-refractivity contribution in [3.8, 4) is 11.5 Å². The van der Waals surface area contributed by atoms with E-state index in [0.717, 1.165) is 17.1 Å². The predicted molar refractivity (Wildman–Crippen MR) is 76.5 cm³/mol. The van der Waals surface area contributed by atoms with Crippen LogP contribution in [0.25, 0.3) is 0 Å². The summed E-state index contributed by atoms with van der Waals surface area (Å²) in [7, 11) is 3.48. The summed E-state index contributed by atoms with van der Waals surface area (Å²) < 4.78 is 24.5. The average Bonchev–Trinajstić information content (AvgIpc) is 2.47. The van der Waals surface area contributed by atoms with Crippen LogP contribution in [0.4, 0.5) is 4.39 Å². The van der Waals surface area contributed by atoms with E-state index in [1.54, 1.807) is 25.3 Å². The maximum atomic E-state index is 13.5. The van der Waals surface area contributed by atoms with Gasteiger partial charge >= 0.3 is 0 Å². The molecule has 0 saturated heterocycles. The molecule has 0 radical (unpaired) electrons. The summed E-state index contributed by atoms with van der Waals surface area (Å²) in [5.74, 6) is 1.24. The van der Waals surface area contributed by atoms with Gasteiger partial charge < -0.3 is 14.8 Å². The van der Waals surface area contributed by atoms with Crippen molar-refractivity contribution >= 4 is 0 Å². The van der Waals surface area contributed by atoms with Crippen molar-refractivity contribution in [3.63, 3.8) is 0 Å². The normalized spacial score (nSPS) is 10.3. The van der Waals surface area contributed by atoms with Crippen LogP contribution < -0.4 is 14.8 Å². The first-order chi connectivity index (χ1) is 9.74. The summed E-state index contributed by atoms with van der Waals surface area (Å²) >= 11 is 0. The molecule has 0 bridgehead atoms. The molecule has 0 aliphatic heterocycles. The largest absolute Gasteiger partial charge is 0.497 e. The van der Waals surface area contributed by atoms with Crippen LogP contribution >= 0.6 is 0 Å². The fourth-order valence-corrected chi connectivity index (χ4v) is 1.92. The summed E-state index contributed by atoms with van der Waals surface area (Å²) in [5, 5.41) is 3.08. The summed E-state index contributed by atoms with van der Waals surface area (Å²) in [4.78, 5) is 0. The van der Waals surface area contributed by atoms with Gasteiger partial charge in [0.2, 0.25) is 0 Å². The zero-order valence-corrected chi connectivity index (χ0v) is 11.7. The molecule has 1 N–H and O–H groups in total. The molecule has 106 valence electrons. The molecule has 0 spiro atoms. The highest BCUT2D eigenvalue weighted by molar-refractivity contribution is 5.40. The number of hydrogen-bond donors (Lipinski definition) is 1. The van der Waals surface area contributed by atoms with Crippen molar-refractivity contribution in [2.45, 2.75) is 13.2 Å². The molecule has 0 saturated carbocycles. The minimum Gasteiger partial charge on any atom is -0.497 e. The van der Waals surface area contributed by atoms with Gasteiger partial charge in [-0.3, -0.25) is 0 Å². The molecule has 0 unspecified atom stereocenters. The summed E-state index contributed by atoms with van der Waals surface area (Å²) in [5.41, 5.74) is 1.52. The first-order valence-corrected chi connectivity index (χ1v) is 6.42. The molecule has 20 heavy (non-hydrogen) atoms. The molecular weight excluding hydrogens is 257 g/mol. The highest BCUT2D eigenvalue weighted by Gasteiger charge is 2.07. The lowest BCUT2D eigenvalue weighted by atomic mass is 10.2. The van der Waals surface area contributed by atoms with Crippen LogP contribution in [0.5, 0.6) is 11.5 Å². The molecular formula is C16H18FNO2. The Kier molecular flexibility index (Phi) is 4.96. The number of halogens is 1. The van der Waals surface area contributed by atoms with Gasteiger partial charge in [0, 0.05) is 17.7 Å². The summed E-state index contributed by atoms with van der Waals surface area (Å²) in [6, 6.07) is 12.2. The SMILES string of the molecule is CNCc1cc(OC)ccc1OCc1ccccc1F. The van der Waals surface area contributed by atoms with E-state index in [4.69, 9.17) is 9.47 Å². The molecule has 0 fully saturated rings. The lowest BCUT2D eigenvalue weighted by Crippen LogP contribution is -2.08. The lowest BCUT2D eigenvalue weighted by Gasteiger charge is -2.13. The zero-order chi connectivity index (χ0) is 14.4. The van der Waals surface area contributed by atoms with E-state index in [-0.39, 0.29) is 12.4 Å². The Labute approximate surface area is 118 Å². The van der Waals surface area contributed by atoms with Crippen LogP contribution in [-0.4, -0.2) is 14.2 Å². The van der Waals surface area contributed by atoms with E-state index in [1.165, 1.54) is 6.07 Å². The van der Waals surface area contributed by atoms with E-state index in [1.807, 2.05) is 25.2 Å². The number of rotatable bonds is 6. The van der Waals surface area contributed by atoms with Crippen LogP contribution in [-0.2, 0) is 13.2 Å². The van der Waals surface area contributed by atoms with Crippen LogP contribution in [0, 0.1) is 5.82 Å². The lowest BCUT2D eigenvalue weighted by molar-refractivity contribution is 0.295. The number of ether oxygens (including phenoxy) is 2. The molecule has 2 rings (SSSR count). The van der Waals surface area contributed by atoms with E-state index >= 15 is 0 Å². The highest BCUT2D eigenvalue weighted by atomic mass is 19.1. The van der Waals surface area contributed by atoms with Crippen molar-refractivity contribution < 1.29 is 13.9 Å². The van der Waals surface area contributed by atoms with Gasteiger partial charge in [0.05, 0.1) is 7.11 Å². The molecule has 0 aliphatic carbocycles. The molecule has 0 aromatic heterocycles. The fourth-order valence-electron chi connectivity index (χ4n) is 1.92. The topological polar surface area (TPSA) is 30.5 Å². The number of benzene rings is 2. The van der Waals surface area contributed by atoms with Crippen LogP contribution in [0.2, 0.25) is 0 Å². The van der Waals surface area contributed by atoms with Crippen molar-refractivity contribution in [2.75, 3.05) is 14.2 Å². The second kappa shape index (κ2) is 6.91. The minimum absolute atomic E-state index is 0.204. The number of methoxy groups -OCH3 is 1. The third kappa shape index (κ3) is 3.48. The summed E-state index contributed by atoms with van der Waals surface area (Å²) in [6.45, 7) is 0.861. The Hall–Kier alpha value is -2.07. The zero-order valence-electron chi connectivity index (χ0n) is 11.7. The second-order valence-electron chi connectivity index (χ2n) is 4.38. The van der Waals surface area contributed by atoms with Crippen LogP contribution in [0.15, 0.2) is 42.5 Å². The summed E-state index contributed by atoms with van der Waals surface area (Å²) in [6.07, 6.45) is 0. The van der Waals surface area contributed by atoms with Gasteiger partial charge in [-0.05, 0) is 31.3 Å². The van der Waals surface area contributed by atoms with Gasteiger partial charge in [0.15, 0.2) is 0 Å². The monoisotopic (exact) mass is 275 g/mol. The van der Waals surface area contributed by atoms with E-state index in [2.05, 4.69) is 5.32 Å². The number of nitrogens with one attached hydrogen (secondary N) is 1. The fraction of sp³-hybridized carbons (Fsp3) is 0.250. The maximum Gasteiger partial charge on any atom is 0.129 e. The Balaban J connectivity index is 2.14. The van der Waals surface area contributed by atoms with Gasteiger partial charge in [-0.15, -0.1) is 0 Å². The standard InChI is InChI=1S/C16H18FNO2/c1-18-10-13-9-14(19-2)7-8-16(13)20-11-12-5-3-4-6-15(12)17/h3-9,18H,10-11H2,1-2H3. The molecule has 0 atom stereocenters. The molecule has 3 nitrogen and oxygen atoms in total. The first kappa shape index (κ1) is 14.3. The van der Waals surface area contributed by atoms with Crippen LogP contribution in [0.3, 0.4) is 0 Å². The second-order valence-corrected chi connectivity index (χ2v) is 4.38. The Morgan fingerprint density at radius 2 is 1.90 bits per heavy atom. The van der Waals surface area contributed by atoms with E-state index in [0.29, 0.717) is 12.1 Å². The number of hydrogen-bond acceptors (Lipinski definition) is 3. The average molecular weight is 275 g/mol. The van der Waals surface area contributed by atoms with E-state index in [9.17, 15) is 4.39 Å². The Morgan fingerprint density at radius 1 is 1.10 bits per heavy atom. The van der Waals surface area contributed by atoms with Gasteiger partial charge in [-0.1, -0.05) is 18.2 Å². The highest BCUT2D eigenvalue weighted by Crippen LogP contribution is 2.25. The van der Waals surface area contributed by atoms with Crippen molar-refractivity contribution in [2.24, 2.45) is 0 Å². The molecule has 0 aliphatic rings. The van der Waals surface area contributed by atoms with Crippen molar-refractivity contribution in [1.82, 2.24) is 5.32 Å². The van der Waals surface area contributed by atoms with Gasteiger partial charge in [0.25, 0.3) is 0 Å². The molecule has 2 aromatic carbocycles. The molecule has 0 amide bonds. The van der Waals surface area contributed by atoms with Crippen LogP contribution in [0.1, 0.15) is 11.1 Å². The predicted octanol–water partition coefficient (Wildman–Crippen LogP) is 3.13. The van der Waals surface area contributed by atoms with E-state index < -0.39 is 0 Å². The quantitative estimate of drug-likeness (QED) is 0.878. The van der Waals surface area contributed by atoms with Crippen molar-refractivity contribution in [3.05, 3.63) is 59.4 Å². The third-order valence-corrected chi connectivity index (χ3v) is 2.98. The molecule has 0 heterocycles. The Morgan fingerprint density at radius 3 is 2.60 bits per heavy atom. The molecule has 2 aromatic rings. The molecule has 4 heteroatoms. The smallest absolute Gasteiger partial charge is 0.129 e. The maximum absolute atomic E-state index is 13.5. The third-order valence-electron chi connectivity index (χ3n) is 2.98.